The number of hydrogen-bond acceptors (Lipinski definition) is 6. The Bertz CT molecular complexity index is 682. The monoisotopic (exact) mass is 315 g/mol. The largest absolute Gasteiger partial charge is 0.378 e. The van der Waals surface area contributed by atoms with E-state index in [0.29, 0.717) is 0 Å². The van der Waals surface area contributed by atoms with E-state index in [-0.39, 0.29) is 22.8 Å². The predicted molar refractivity (Wildman–Crippen MR) is 77.7 cm³/mol. The lowest BCUT2D eigenvalue weighted by atomic mass is 9.92. The first-order chi connectivity index (χ1) is 9.45. The fraction of sp³-hybridized carbons (Fsp3) is 0.417. The molecular weight excluding hydrogens is 298 g/mol. The number of hydrogen-bond donors (Lipinski definition) is 2. The van der Waals surface area contributed by atoms with Crippen molar-refractivity contribution < 1.29 is 18.1 Å². The second kappa shape index (κ2) is 5.68. The standard InChI is InChI=1S/C12H17N3O5S/c1-12(2,11(13)16)7-14-9-5-4-8(21(3,19)20)6-10(9)15(17)18/h4-6,14H,7H2,1-3H3,(H2,13,16). The molecule has 0 bridgehead atoms. The molecule has 1 amide bonds. The van der Waals surface area contributed by atoms with Crippen molar-refractivity contribution in [3.63, 3.8) is 0 Å². The van der Waals surface area contributed by atoms with Crippen LogP contribution in [-0.2, 0) is 14.6 Å². The summed E-state index contributed by atoms with van der Waals surface area (Å²) in [5.74, 6) is -0.551. The first kappa shape index (κ1) is 16.9. The molecule has 1 aromatic carbocycles. The number of nitrogens with zero attached hydrogens (tertiary/aromatic N) is 1. The molecule has 0 atom stereocenters. The number of sulfone groups is 1. The van der Waals surface area contributed by atoms with Gasteiger partial charge in [0.05, 0.1) is 15.2 Å². The Morgan fingerprint density at radius 2 is 2.00 bits per heavy atom. The molecule has 1 aromatic rings. The highest BCUT2D eigenvalue weighted by molar-refractivity contribution is 7.90. The number of benzene rings is 1. The van der Waals surface area contributed by atoms with Crippen LogP contribution in [-0.4, -0.2) is 32.0 Å². The fourth-order valence-corrected chi connectivity index (χ4v) is 2.09. The van der Waals surface area contributed by atoms with Crippen molar-refractivity contribution in [2.45, 2.75) is 18.7 Å². The molecule has 0 saturated heterocycles. The molecule has 0 unspecified atom stereocenters. The van der Waals surface area contributed by atoms with Gasteiger partial charge in [0.15, 0.2) is 9.84 Å². The van der Waals surface area contributed by atoms with E-state index in [1.165, 1.54) is 12.1 Å². The second-order valence-electron chi connectivity index (χ2n) is 5.31. The van der Waals surface area contributed by atoms with E-state index >= 15 is 0 Å². The van der Waals surface area contributed by atoms with E-state index in [4.69, 9.17) is 5.73 Å². The number of rotatable bonds is 6. The summed E-state index contributed by atoms with van der Waals surface area (Å²) < 4.78 is 22.8. The van der Waals surface area contributed by atoms with Gasteiger partial charge in [0.25, 0.3) is 5.69 Å². The minimum Gasteiger partial charge on any atom is -0.378 e. The molecule has 0 radical (unpaired) electrons. The molecule has 3 N–H and O–H groups in total. The molecule has 21 heavy (non-hydrogen) atoms. The molecule has 0 aliphatic carbocycles. The molecule has 8 nitrogen and oxygen atoms in total. The zero-order chi connectivity index (χ0) is 16.4. The normalized spacial score (nSPS) is 12.0. The molecule has 0 fully saturated rings. The van der Waals surface area contributed by atoms with Crippen LogP contribution in [0.25, 0.3) is 0 Å². The van der Waals surface area contributed by atoms with Crippen LogP contribution in [0.4, 0.5) is 11.4 Å². The van der Waals surface area contributed by atoms with Gasteiger partial charge in [0.2, 0.25) is 5.91 Å². The van der Waals surface area contributed by atoms with Gasteiger partial charge in [0, 0.05) is 18.9 Å². The van der Waals surface area contributed by atoms with Crippen LogP contribution in [0, 0.1) is 15.5 Å². The van der Waals surface area contributed by atoms with Crippen LogP contribution in [0.1, 0.15) is 13.8 Å². The van der Waals surface area contributed by atoms with Crippen molar-refractivity contribution in [1.29, 1.82) is 0 Å². The fourth-order valence-electron chi connectivity index (χ4n) is 1.45. The number of carbonyl (C=O) groups is 1. The van der Waals surface area contributed by atoms with Crippen molar-refractivity contribution in [2.24, 2.45) is 11.1 Å². The second-order valence-corrected chi connectivity index (χ2v) is 7.33. The number of carbonyl (C=O) groups excluding carboxylic acids is 1. The Hall–Kier alpha value is -2.16. The van der Waals surface area contributed by atoms with Crippen LogP contribution < -0.4 is 11.1 Å². The molecule has 0 spiro atoms. The highest BCUT2D eigenvalue weighted by Gasteiger charge is 2.26. The lowest BCUT2D eigenvalue weighted by Gasteiger charge is -2.21. The van der Waals surface area contributed by atoms with Gasteiger partial charge in [-0.3, -0.25) is 14.9 Å². The third-order valence-electron chi connectivity index (χ3n) is 2.98. The quantitative estimate of drug-likeness (QED) is 0.592. The summed E-state index contributed by atoms with van der Waals surface area (Å²) in [6.07, 6.45) is 0.968. The molecule has 0 heterocycles. The Balaban J connectivity index is 3.14. The average molecular weight is 315 g/mol. The summed E-state index contributed by atoms with van der Waals surface area (Å²) in [6, 6.07) is 3.54. The van der Waals surface area contributed by atoms with Gasteiger partial charge in [-0.1, -0.05) is 0 Å². The van der Waals surface area contributed by atoms with Gasteiger partial charge in [-0.15, -0.1) is 0 Å². The molecule has 0 aromatic heterocycles. The SMILES string of the molecule is CC(C)(CNc1ccc(S(C)(=O)=O)cc1[N+](=O)[O-])C(N)=O. The summed E-state index contributed by atoms with van der Waals surface area (Å²) >= 11 is 0. The predicted octanol–water partition coefficient (Wildman–Crippen LogP) is 0.922. The Morgan fingerprint density at radius 3 is 2.43 bits per heavy atom. The van der Waals surface area contributed by atoms with Crippen molar-refractivity contribution in [3.8, 4) is 0 Å². The minimum absolute atomic E-state index is 0.0847. The highest BCUT2D eigenvalue weighted by Crippen LogP contribution is 2.28. The Kier molecular flexibility index (Phi) is 4.57. The number of amides is 1. The first-order valence-electron chi connectivity index (χ1n) is 5.97. The first-order valence-corrected chi connectivity index (χ1v) is 7.86. The Morgan fingerprint density at radius 1 is 1.43 bits per heavy atom. The van der Waals surface area contributed by atoms with E-state index in [2.05, 4.69) is 5.32 Å². The van der Waals surface area contributed by atoms with Gasteiger partial charge in [-0.25, -0.2) is 8.42 Å². The molecule has 9 heteroatoms. The molecule has 0 aliphatic rings. The number of nitro groups is 1. The zero-order valence-electron chi connectivity index (χ0n) is 11.9. The van der Waals surface area contributed by atoms with Gasteiger partial charge in [-0.05, 0) is 26.0 Å². The summed E-state index contributed by atoms with van der Waals surface area (Å²) in [6.45, 7) is 3.28. The molecule has 1 rings (SSSR count). The van der Waals surface area contributed by atoms with Crippen LogP contribution in [0.15, 0.2) is 23.1 Å². The van der Waals surface area contributed by atoms with Crippen molar-refractivity contribution >= 4 is 27.1 Å². The minimum atomic E-state index is -3.54. The number of anilines is 1. The summed E-state index contributed by atoms with van der Waals surface area (Å²) in [4.78, 5) is 21.4. The summed E-state index contributed by atoms with van der Waals surface area (Å²) in [5.41, 5.74) is 4.07. The molecule has 116 valence electrons. The van der Waals surface area contributed by atoms with Gasteiger partial charge in [-0.2, -0.15) is 0 Å². The van der Waals surface area contributed by atoms with Gasteiger partial charge >= 0.3 is 0 Å². The maximum atomic E-state index is 11.4. The van der Waals surface area contributed by atoms with E-state index in [1.807, 2.05) is 0 Å². The topological polar surface area (TPSA) is 132 Å². The number of nitrogens with two attached hydrogens (primary N) is 1. The number of nitro benzene ring substituents is 1. The summed E-state index contributed by atoms with van der Waals surface area (Å²) in [7, 11) is -3.54. The lowest BCUT2D eigenvalue weighted by Crippen LogP contribution is -2.37. The smallest absolute Gasteiger partial charge is 0.293 e. The Labute approximate surface area is 122 Å². The van der Waals surface area contributed by atoms with Crippen molar-refractivity contribution in [3.05, 3.63) is 28.3 Å². The average Bonchev–Trinajstić information content (AvgIpc) is 2.34. The summed E-state index contributed by atoms with van der Waals surface area (Å²) in [5, 5.41) is 13.8. The van der Waals surface area contributed by atoms with Gasteiger partial charge in [0.1, 0.15) is 5.69 Å². The third-order valence-corrected chi connectivity index (χ3v) is 4.09. The van der Waals surface area contributed by atoms with Crippen molar-refractivity contribution in [1.82, 2.24) is 0 Å². The lowest BCUT2D eigenvalue weighted by molar-refractivity contribution is -0.384. The van der Waals surface area contributed by atoms with E-state index in [0.717, 1.165) is 12.3 Å². The highest BCUT2D eigenvalue weighted by atomic mass is 32.2. The van der Waals surface area contributed by atoms with Crippen LogP contribution in [0.3, 0.4) is 0 Å². The maximum Gasteiger partial charge on any atom is 0.293 e. The van der Waals surface area contributed by atoms with E-state index in [9.17, 15) is 23.3 Å². The van der Waals surface area contributed by atoms with Crippen molar-refractivity contribution in [2.75, 3.05) is 18.1 Å². The van der Waals surface area contributed by atoms with E-state index in [1.54, 1.807) is 13.8 Å². The molecule has 0 aliphatic heterocycles. The zero-order valence-corrected chi connectivity index (χ0v) is 12.7. The number of nitrogens with one attached hydrogen (secondary N) is 1. The third kappa shape index (κ3) is 4.15. The van der Waals surface area contributed by atoms with E-state index < -0.39 is 26.1 Å². The van der Waals surface area contributed by atoms with Gasteiger partial charge < -0.3 is 11.1 Å². The van der Waals surface area contributed by atoms with Crippen LogP contribution in [0.2, 0.25) is 0 Å². The van der Waals surface area contributed by atoms with Crippen LogP contribution >= 0.6 is 0 Å². The number of primary amides is 1. The van der Waals surface area contributed by atoms with Crippen LogP contribution in [0.5, 0.6) is 0 Å². The maximum absolute atomic E-state index is 11.4. The molecular formula is C12H17N3O5S. The molecule has 0 saturated carbocycles.